The van der Waals surface area contributed by atoms with Gasteiger partial charge in [-0.25, -0.2) is 0 Å². The fourth-order valence-corrected chi connectivity index (χ4v) is 2.32. The van der Waals surface area contributed by atoms with Crippen LogP contribution >= 0.6 is 0 Å². The summed E-state index contributed by atoms with van der Waals surface area (Å²) in [5.41, 5.74) is 1.49. The van der Waals surface area contributed by atoms with Crippen molar-refractivity contribution < 1.29 is 9.90 Å². The van der Waals surface area contributed by atoms with E-state index < -0.39 is 5.97 Å². The van der Waals surface area contributed by atoms with Gasteiger partial charge >= 0.3 is 5.97 Å². The normalized spacial score (nSPS) is 18.2. The number of aromatic nitrogens is 2. The van der Waals surface area contributed by atoms with Crippen LogP contribution in [0.25, 0.3) is 0 Å². The van der Waals surface area contributed by atoms with E-state index in [1.54, 1.807) is 12.4 Å². The van der Waals surface area contributed by atoms with Crippen LogP contribution in [0.3, 0.4) is 0 Å². The zero-order chi connectivity index (χ0) is 10.9. The van der Waals surface area contributed by atoms with E-state index in [2.05, 4.69) is 9.97 Å². The number of rotatable bonds is 3. The van der Waals surface area contributed by atoms with Gasteiger partial charge in [-0.05, 0) is 19.8 Å². The van der Waals surface area contributed by atoms with Gasteiger partial charge in [-0.1, -0.05) is 6.42 Å². The topological polar surface area (TPSA) is 63.1 Å². The summed E-state index contributed by atoms with van der Waals surface area (Å²) < 4.78 is 0. The van der Waals surface area contributed by atoms with E-state index in [9.17, 15) is 4.79 Å². The van der Waals surface area contributed by atoms with Crippen LogP contribution in [0.15, 0.2) is 12.4 Å². The average molecular weight is 206 g/mol. The molecule has 0 saturated heterocycles. The lowest BCUT2D eigenvalue weighted by atomic mass is 9.64. The summed E-state index contributed by atoms with van der Waals surface area (Å²) in [5, 5.41) is 8.92. The molecule has 0 spiro atoms. The third-order valence-electron chi connectivity index (χ3n) is 3.18. The molecule has 0 amide bonds. The number of hydrogen-bond donors (Lipinski definition) is 1. The third-order valence-corrected chi connectivity index (χ3v) is 3.18. The summed E-state index contributed by atoms with van der Waals surface area (Å²) in [4.78, 5) is 19.3. The molecule has 0 radical (unpaired) electrons. The number of aryl methyl sites for hydroxylation is 1. The van der Waals surface area contributed by atoms with E-state index >= 15 is 0 Å². The Morgan fingerprint density at radius 1 is 1.47 bits per heavy atom. The van der Waals surface area contributed by atoms with Crippen LogP contribution in [0, 0.1) is 6.92 Å². The lowest BCUT2D eigenvalue weighted by Crippen LogP contribution is -2.38. The zero-order valence-corrected chi connectivity index (χ0v) is 8.73. The second-order valence-corrected chi connectivity index (χ2v) is 4.19. The van der Waals surface area contributed by atoms with Gasteiger partial charge in [0.15, 0.2) is 0 Å². The Bertz CT molecular complexity index is 386. The maximum absolute atomic E-state index is 10.8. The molecule has 0 bridgehead atoms. The smallest absolute Gasteiger partial charge is 0.304 e. The minimum atomic E-state index is -0.750. The molecule has 4 nitrogen and oxygen atoms in total. The fourth-order valence-electron chi connectivity index (χ4n) is 2.32. The molecule has 0 aromatic carbocycles. The Balaban J connectivity index is 2.34. The number of carbonyl (C=O) groups is 1. The first-order valence-electron chi connectivity index (χ1n) is 5.14. The van der Waals surface area contributed by atoms with Gasteiger partial charge in [-0.2, -0.15) is 0 Å². The van der Waals surface area contributed by atoms with Crippen molar-refractivity contribution in [2.24, 2.45) is 0 Å². The second-order valence-electron chi connectivity index (χ2n) is 4.19. The molecule has 80 valence electrons. The Kier molecular flexibility index (Phi) is 2.42. The zero-order valence-electron chi connectivity index (χ0n) is 8.73. The molecule has 1 saturated carbocycles. The van der Waals surface area contributed by atoms with Crippen LogP contribution in [0.4, 0.5) is 0 Å². The first kappa shape index (κ1) is 10.1. The standard InChI is InChI=1S/C11H14N2O2/c1-8-10(13-6-5-12-8)11(3-2-4-11)7-9(14)15/h5-6H,2-4,7H2,1H3,(H,14,15). The number of aliphatic carboxylic acids is 1. The van der Waals surface area contributed by atoms with Crippen molar-refractivity contribution in [2.75, 3.05) is 0 Å². The highest BCUT2D eigenvalue weighted by Crippen LogP contribution is 2.46. The predicted molar refractivity (Wildman–Crippen MR) is 54.6 cm³/mol. The monoisotopic (exact) mass is 206 g/mol. The van der Waals surface area contributed by atoms with E-state index in [0.717, 1.165) is 30.7 Å². The van der Waals surface area contributed by atoms with Crippen LogP contribution in [0.1, 0.15) is 37.1 Å². The SMILES string of the molecule is Cc1nccnc1C1(CC(=O)O)CCC1. The quantitative estimate of drug-likeness (QED) is 0.817. The second kappa shape index (κ2) is 3.61. The Labute approximate surface area is 88.4 Å². The van der Waals surface area contributed by atoms with Gasteiger partial charge in [-0.3, -0.25) is 14.8 Å². The van der Waals surface area contributed by atoms with Crippen LogP contribution in [0.5, 0.6) is 0 Å². The molecule has 1 heterocycles. The van der Waals surface area contributed by atoms with Crippen molar-refractivity contribution in [3.63, 3.8) is 0 Å². The molecule has 1 aliphatic carbocycles. The van der Waals surface area contributed by atoms with Crippen LogP contribution in [-0.4, -0.2) is 21.0 Å². The highest BCUT2D eigenvalue weighted by molar-refractivity contribution is 5.69. The minimum Gasteiger partial charge on any atom is -0.481 e. The first-order chi connectivity index (χ1) is 7.14. The Morgan fingerprint density at radius 2 is 2.13 bits per heavy atom. The van der Waals surface area contributed by atoms with Crippen molar-refractivity contribution in [3.05, 3.63) is 23.8 Å². The Hall–Kier alpha value is -1.45. The summed E-state index contributed by atoms with van der Waals surface area (Å²) in [7, 11) is 0. The van der Waals surface area contributed by atoms with Crippen molar-refractivity contribution in [1.82, 2.24) is 9.97 Å². The molecular formula is C11H14N2O2. The molecule has 0 atom stereocenters. The van der Waals surface area contributed by atoms with Crippen LogP contribution in [0.2, 0.25) is 0 Å². The molecule has 15 heavy (non-hydrogen) atoms. The molecule has 1 N–H and O–H groups in total. The highest BCUT2D eigenvalue weighted by Gasteiger charge is 2.43. The van der Waals surface area contributed by atoms with Crippen LogP contribution in [-0.2, 0) is 10.2 Å². The van der Waals surface area contributed by atoms with Crippen molar-refractivity contribution >= 4 is 5.97 Å². The van der Waals surface area contributed by atoms with E-state index in [1.165, 1.54) is 0 Å². The maximum atomic E-state index is 10.8. The van der Waals surface area contributed by atoms with Gasteiger partial charge in [0.25, 0.3) is 0 Å². The third kappa shape index (κ3) is 1.71. The van der Waals surface area contributed by atoms with E-state index in [4.69, 9.17) is 5.11 Å². The van der Waals surface area contributed by atoms with Gasteiger partial charge in [0, 0.05) is 17.8 Å². The van der Waals surface area contributed by atoms with Crippen LogP contribution < -0.4 is 0 Å². The fraction of sp³-hybridized carbons (Fsp3) is 0.545. The predicted octanol–water partition coefficient (Wildman–Crippen LogP) is 1.68. The van der Waals surface area contributed by atoms with E-state index in [1.807, 2.05) is 6.92 Å². The molecule has 1 fully saturated rings. The molecule has 1 aliphatic rings. The average Bonchev–Trinajstić information content (AvgIpc) is 2.12. The summed E-state index contributed by atoms with van der Waals surface area (Å²) in [6.07, 6.45) is 6.38. The highest BCUT2D eigenvalue weighted by atomic mass is 16.4. The molecule has 4 heteroatoms. The maximum Gasteiger partial charge on any atom is 0.304 e. The first-order valence-corrected chi connectivity index (χ1v) is 5.14. The molecule has 1 aromatic heterocycles. The summed E-state index contributed by atoms with van der Waals surface area (Å²) >= 11 is 0. The Morgan fingerprint density at radius 3 is 2.60 bits per heavy atom. The summed E-state index contributed by atoms with van der Waals surface area (Å²) in [6.45, 7) is 1.89. The van der Waals surface area contributed by atoms with Gasteiger partial charge in [0.05, 0.1) is 17.8 Å². The number of carboxylic acids is 1. The minimum absolute atomic E-state index is 0.173. The summed E-state index contributed by atoms with van der Waals surface area (Å²) in [5.74, 6) is -0.750. The molecule has 0 unspecified atom stereocenters. The van der Waals surface area contributed by atoms with E-state index in [0.29, 0.717) is 0 Å². The van der Waals surface area contributed by atoms with Gasteiger partial charge < -0.3 is 5.11 Å². The lowest BCUT2D eigenvalue weighted by Gasteiger charge is -2.40. The number of carboxylic acid groups (broad SMARTS) is 1. The largest absolute Gasteiger partial charge is 0.481 e. The van der Waals surface area contributed by atoms with Gasteiger partial charge in [0.1, 0.15) is 0 Å². The lowest BCUT2D eigenvalue weighted by molar-refractivity contribution is -0.139. The summed E-state index contributed by atoms with van der Waals surface area (Å²) in [6, 6.07) is 0. The number of hydrogen-bond acceptors (Lipinski definition) is 3. The van der Waals surface area contributed by atoms with Crippen molar-refractivity contribution in [3.8, 4) is 0 Å². The molecule has 2 rings (SSSR count). The molecule has 0 aliphatic heterocycles. The molecular weight excluding hydrogens is 192 g/mol. The van der Waals surface area contributed by atoms with Crippen molar-refractivity contribution in [1.29, 1.82) is 0 Å². The van der Waals surface area contributed by atoms with Gasteiger partial charge in [0.2, 0.25) is 0 Å². The van der Waals surface area contributed by atoms with Crippen molar-refractivity contribution in [2.45, 2.75) is 38.0 Å². The molecule has 1 aromatic rings. The number of nitrogens with zero attached hydrogens (tertiary/aromatic N) is 2. The van der Waals surface area contributed by atoms with Gasteiger partial charge in [-0.15, -0.1) is 0 Å². The van der Waals surface area contributed by atoms with E-state index in [-0.39, 0.29) is 11.8 Å².